The summed E-state index contributed by atoms with van der Waals surface area (Å²) in [7, 11) is 1.69. The first-order chi connectivity index (χ1) is 9.10. The van der Waals surface area contributed by atoms with Gasteiger partial charge in [-0.15, -0.1) is 0 Å². The Bertz CT molecular complexity index is 524. The molecule has 0 aliphatic carbocycles. The van der Waals surface area contributed by atoms with Crippen LogP contribution in [0, 0.1) is 5.41 Å². The number of hydrogen-bond acceptors (Lipinski definition) is 2. The molecule has 0 unspecified atom stereocenters. The molecule has 1 rings (SSSR count). The monoisotopic (exact) mass is 298 g/mol. The van der Waals surface area contributed by atoms with Crippen LogP contribution in [0.15, 0.2) is 18.2 Å². The number of hydrogen-bond donors (Lipinski definition) is 2. The molecule has 0 aliphatic rings. The Morgan fingerprint density at radius 1 is 1.35 bits per heavy atom. The summed E-state index contributed by atoms with van der Waals surface area (Å²) in [5, 5.41) is 11.8. The second-order valence-electron chi connectivity index (χ2n) is 5.85. The van der Waals surface area contributed by atoms with Crippen LogP contribution in [-0.4, -0.2) is 35.6 Å². The molecule has 0 radical (unpaired) electrons. The molecular formula is C14H19ClN2O3. The first-order valence-corrected chi connectivity index (χ1v) is 6.53. The van der Waals surface area contributed by atoms with Crippen LogP contribution in [0.25, 0.3) is 0 Å². The van der Waals surface area contributed by atoms with Crippen molar-refractivity contribution in [2.45, 2.75) is 20.8 Å². The van der Waals surface area contributed by atoms with Crippen molar-refractivity contribution in [2.24, 2.45) is 5.41 Å². The Hall–Kier alpha value is -1.75. The molecule has 1 aromatic carbocycles. The summed E-state index contributed by atoms with van der Waals surface area (Å²) in [6.07, 6.45) is 0. The minimum absolute atomic E-state index is 0.0156. The lowest BCUT2D eigenvalue weighted by Crippen LogP contribution is -2.37. The summed E-state index contributed by atoms with van der Waals surface area (Å²) < 4.78 is 0. The van der Waals surface area contributed by atoms with Gasteiger partial charge in [0.05, 0.1) is 10.6 Å². The van der Waals surface area contributed by atoms with Crippen LogP contribution in [0.2, 0.25) is 5.02 Å². The predicted octanol–water partition coefficient (Wildman–Crippen LogP) is 3.55. The van der Waals surface area contributed by atoms with Gasteiger partial charge in [0.15, 0.2) is 0 Å². The first-order valence-electron chi connectivity index (χ1n) is 6.15. The van der Waals surface area contributed by atoms with E-state index < -0.39 is 5.97 Å². The topological polar surface area (TPSA) is 69.6 Å². The molecule has 0 bridgehead atoms. The predicted molar refractivity (Wildman–Crippen MR) is 79.5 cm³/mol. The molecule has 20 heavy (non-hydrogen) atoms. The normalized spacial score (nSPS) is 11.1. The van der Waals surface area contributed by atoms with E-state index in [2.05, 4.69) is 5.32 Å². The van der Waals surface area contributed by atoms with Crippen molar-refractivity contribution in [1.82, 2.24) is 4.90 Å². The van der Waals surface area contributed by atoms with Gasteiger partial charge in [-0.3, -0.25) is 0 Å². The fourth-order valence-corrected chi connectivity index (χ4v) is 1.97. The number of carboxylic acids is 1. The summed E-state index contributed by atoms with van der Waals surface area (Å²) in [6, 6.07) is 4.06. The summed E-state index contributed by atoms with van der Waals surface area (Å²) in [5.74, 6) is -1.13. The Morgan fingerprint density at radius 2 is 1.95 bits per heavy atom. The molecule has 0 saturated heterocycles. The van der Waals surface area contributed by atoms with Crippen molar-refractivity contribution in [3.63, 3.8) is 0 Å². The summed E-state index contributed by atoms with van der Waals surface area (Å²) in [5.41, 5.74) is 0.346. The largest absolute Gasteiger partial charge is 0.478 e. The molecule has 0 fully saturated rings. The van der Waals surface area contributed by atoms with Gasteiger partial charge in [-0.05, 0) is 23.6 Å². The third-order valence-corrected chi connectivity index (χ3v) is 2.84. The van der Waals surface area contributed by atoms with Gasteiger partial charge in [-0.2, -0.15) is 0 Å². The number of urea groups is 1. The zero-order chi connectivity index (χ0) is 15.5. The average molecular weight is 299 g/mol. The molecule has 0 atom stereocenters. The van der Waals surface area contributed by atoms with Crippen LogP contribution in [0.5, 0.6) is 0 Å². The molecule has 0 aromatic heterocycles. The van der Waals surface area contributed by atoms with E-state index in [1.54, 1.807) is 18.0 Å². The number of benzene rings is 1. The van der Waals surface area contributed by atoms with E-state index in [-0.39, 0.29) is 22.0 Å². The van der Waals surface area contributed by atoms with E-state index in [0.29, 0.717) is 12.2 Å². The fraction of sp³-hybridized carbons (Fsp3) is 0.429. The van der Waals surface area contributed by atoms with Crippen molar-refractivity contribution in [2.75, 3.05) is 18.9 Å². The third kappa shape index (κ3) is 4.74. The second kappa shape index (κ2) is 6.13. The molecule has 110 valence electrons. The van der Waals surface area contributed by atoms with E-state index in [1.165, 1.54) is 12.1 Å². The molecule has 0 aliphatic heterocycles. The lowest BCUT2D eigenvalue weighted by Gasteiger charge is -2.26. The van der Waals surface area contributed by atoms with Gasteiger partial charge in [0.1, 0.15) is 0 Å². The molecule has 1 aromatic rings. The zero-order valence-electron chi connectivity index (χ0n) is 12.0. The SMILES string of the molecule is CN(CC(C)(C)C)C(=O)Nc1ccc(Cl)c(C(=O)O)c1. The molecule has 2 amide bonds. The lowest BCUT2D eigenvalue weighted by atomic mass is 9.96. The Balaban J connectivity index is 2.81. The highest BCUT2D eigenvalue weighted by Crippen LogP contribution is 2.21. The van der Waals surface area contributed by atoms with E-state index in [4.69, 9.17) is 16.7 Å². The van der Waals surface area contributed by atoms with E-state index in [1.807, 2.05) is 20.8 Å². The third-order valence-electron chi connectivity index (χ3n) is 2.51. The fourth-order valence-electron chi connectivity index (χ4n) is 1.77. The molecule has 0 heterocycles. The number of nitrogens with one attached hydrogen (secondary N) is 1. The molecular weight excluding hydrogens is 280 g/mol. The van der Waals surface area contributed by atoms with Crippen molar-refractivity contribution in [3.8, 4) is 0 Å². The van der Waals surface area contributed by atoms with Crippen LogP contribution in [0.1, 0.15) is 31.1 Å². The van der Waals surface area contributed by atoms with Gasteiger partial charge in [0.25, 0.3) is 0 Å². The standard InChI is InChI=1S/C14H19ClN2O3/c1-14(2,3)8-17(4)13(20)16-9-5-6-11(15)10(7-9)12(18)19/h5-7H,8H2,1-4H3,(H,16,20)(H,18,19). The second-order valence-corrected chi connectivity index (χ2v) is 6.25. The summed E-state index contributed by atoms with van der Waals surface area (Å²) >= 11 is 5.77. The number of carbonyl (C=O) groups excluding carboxylic acids is 1. The number of carboxylic acid groups (broad SMARTS) is 1. The number of halogens is 1. The van der Waals surface area contributed by atoms with Crippen LogP contribution in [-0.2, 0) is 0 Å². The van der Waals surface area contributed by atoms with Gasteiger partial charge in [-0.25, -0.2) is 9.59 Å². The highest BCUT2D eigenvalue weighted by molar-refractivity contribution is 6.33. The number of nitrogens with zero attached hydrogens (tertiary/aromatic N) is 1. The van der Waals surface area contributed by atoms with Crippen molar-refractivity contribution < 1.29 is 14.7 Å². The number of anilines is 1. The smallest absolute Gasteiger partial charge is 0.337 e. The maximum Gasteiger partial charge on any atom is 0.337 e. The number of amides is 2. The Labute approximate surface area is 123 Å². The Morgan fingerprint density at radius 3 is 2.45 bits per heavy atom. The van der Waals surface area contributed by atoms with Crippen LogP contribution in [0.4, 0.5) is 10.5 Å². The highest BCUT2D eigenvalue weighted by atomic mass is 35.5. The highest BCUT2D eigenvalue weighted by Gasteiger charge is 2.18. The van der Waals surface area contributed by atoms with Crippen molar-refractivity contribution >= 4 is 29.3 Å². The average Bonchev–Trinajstić information content (AvgIpc) is 2.28. The summed E-state index contributed by atoms with van der Waals surface area (Å²) in [4.78, 5) is 24.5. The molecule has 6 heteroatoms. The zero-order valence-corrected chi connectivity index (χ0v) is 12.8. The van der Waals surface area contributed by atoms with E-state index >= 15 is 0 Å². The van der Waals surface area contributed by atoms with Gasteiger partial charge < -0.3 is 15.3 Å². The molecule has 0 spiro atoms. The number of carbonyl (C=O) groups is 2. The van der Waals surface area contributed by atoms with E-state index in [9.17, 15) is 9.59 Å². The van der Waals surface area contributed by atoms with E-state index in [0.717, 1.165) is 0 Å². The van der Waals surface area contributed by atoms with Crippen LogP contribution in [0.3, 0.4) is 0 Å². The maximum atomic E-state index is 12.0. The number of aromatic carboxylic acids is 1. The van der Waals surface area contributed by atoms with Gasteiger partial charge in [0.2, 0.25) is 0 Å². The van der Waals surface area contributed by atoms with Crippen LogP contribution < -0.4 is 5.32 Å². The maximum absolute atomic E-state index is 12.0. The number of rotatable bonds is 3. The van der Waals surface area contributed by atoms with Gasteiger partial charge in [-0.1, -0.05) is 32.4 Å². The van der Waals surface area contributed by atoms with Crippen molar-refractivity contribution in [1.29, 1.82) is 0 Å². The van der Waals surface area contributed by atoms with Crippen molar-refractivity contribution in [3.05, 3.63) is 28.8 Å². The molecule has 2 N–H and O–H groups in total. The first kappa shape index (κ1) is 16.3. The van der Waals surface area contributed by atoms with Crippen LogP contribution >= 0.6 is 11.6 Å². The lowest BCUT2D eigenvalue weighted by molar-refractivity contribution is 0.0697. The summed E-state index contributed by atoms with van der Waals surface area (Å²) in [6.45, 7) is 6.67. The van der Waals surface area contributed by atoms with Gasteiger partial charge >= 0.3 is 12.0 Å². The quantitative estimate of drug-likeness (QED) is 0.896. The minimum atomic E-state index is -1.13. The Kier molecular flexibility index (Phi) is 5.00. The molecule has 5 nitrogen and oxygen atoms in total. The van der Waals surface area contributed by atoms with Gasteiger partial charge in [0, 0.05) is 19.3 Å². The minimum Gasteiger partial charge on any atom is -0.478 e. The molecule has 0 saturated carbocycles.